The summed E-state index contributed by atoms with van der Waals surface area (Å²) in [5.74, 6) is 0.867. The highest BCUT2D eigenvalue weighted by atomic mass is 16.6. The summed E-state index contributed by atoms with van der Waals surface area (Å²) in [6.45, 7) is 6.78. The Morgan fingerprint density at radius 2 is 2.20 bits per heavy atom. The number of ether oxygens (including phenoxy) is 2. The lowest BCUT2D eigenvalue weighted by molar-refractivity contribution is 0.0506. The van der Waals surface area contributed by atoms with Gasteiger partial charge >= 0.3 is 6.09 Å². The molecule has 2 rings (SSSR count). The number of nitrogens with one attached hydrogen (secondary N) is 2. The summed E-state index contributed by atoms with van der Waals surface area (Å²) in [7, 11) is 0. The molecule has 0 bridgehead atoms. The number of benzene rings is 1. The second kappa shape index (κ2) is 8.61. The van der Waals surface area contributed by atoms with E-state index in [1.165, 1.54) is 0 Å². The average molecular weight is 345 g/mol. The largest absolute Gasteiger partial charge is 0.488 e. The number of rotatable bonds is 7. The summed E-state index contributed by atoms with van der Waals surface area (Å²) in [5, 5.41) is 14.7. The molecule has 136 valence electrons. The van der Waals surface area contributed by atoms with Crippen molar-refractivity contribution in [3.63, 3.8) is 0 Å². The Labute approximate surface area is 149 Å². The summed E-state index contributed by atoms with van der Waals surface area (Å²) < 4.78 is 11.1. The van der Waals surface area contributed by atoms with E-state index in [1.54, 1.807) is 0 Å². The van der Waals surface area contributed by atoms with Crippen molar-refractivity contribution in [2.75, 3.05) is 18.4 Å². The van der Waals surface area contributed by atoms with Gasteiger partial charge in [0.15, 0.2) is 0 Å². The van der Waals surface area contributed by atoms with Crippen LogP contribution in [0.5, 0.6) is 5.75 Å². The van der Waals surface area contributed by atoms with E-state index in [9.17, 15) is 4.79 Å². The Hall–Kier alpha value is -2.42. The van der Waals surface area contributed by atoms with Gasteiger partial charge in [-0.3, -0.25) is 0 Å². The number of hydrogen-bond acceptors (Lipinski definition) is 5. The van der Waals surface area contributed by atoms with Gasteiger partial charge in [-0.15, -0.1) is 0 Å². The van der Waals surface area contributed by atoms with E-state index in [0.29, 0.717) is 13.0 Å². The summed E-state index contributed by atoms with van der Waals surface area (Å²) in [6.07, 6.45) is 2.75. The first-order valence-electron chi connectivity index (χ1n) is 8.74. The lowest BCUT2D eigenvalue weighted by atomic mass is 10.1. The molecule has 1 aromatic carbocycles. The molecule has 0 aromatic heterocycles. The number of alkyl carbamates (subject to hydrolysis) is 1. The smallest absolute Gasteiger partial charge is 0.407 e. The minimum absolute atomic E-state index is 0.0756. The maximum absolute atomic E-state index is 11.7. The van der Waals surface area contributed by atoms with Gasteiger partial charge in [-0.25, -0.2) is 4.79 Å². The molecule has 0 saturated carbocycles. The van der Waals surface area contributed by atoms with Crippen molar-refractivity contribution in [3.05, 3.63) is 23.8 Å². The molecule has 0 spiro atoms. The lowest BCUT2D eigenvalue weighted by Crippen LogP contribution is -2.38. The van der Waals surface area contributed by atoms with Crippen molar-refractivity contribution in [2.24, 2.45) is 0 Å². The van der Waals surface area contributed by atoms with Gasteiger partial charge in [0.1, 0.15) is 17.5 Å². The number of hydrogen-bond donors (Lipinski definition) is 2. The fourth-order valence-corrected chi connectivity index (χ4v) is 2.62. The molecule has 2 N–H and O–H groups in total. The molecule has 1 aliphatic heterocycles. The summed E-state index contributed by atoms with van der Waals surface area (Å²) in [4.78, 5) is 11.7. The molecule has 0 fully saturated rings. The molecule has 1 aromatic rings. The third-order valence-corrected chi connectivity index (χ3v) is 3.72. The van der Waals surface area contributed by atoms with Gasteiger partial charge in [0.25, 0.3) is 0 Å². The molecule has 1 heterocycles. The van der Waals surface area contributed by atoms with Gasteiger partial charge in [-0.2, -0.15) is 5.26 Å². The Morgan fingerprint density at radius 3 is 2.92 bits per heavy atom. The Morgan fingerprint density at radius 1 is 1.40 bits per heavy atom. The fourth-order valence-electron chi connectivity index (χ4n) is 2.62. The van der Waals surface area contributed by atoms with Crippen LogP contribution in [0.25, 0.3) is 0 Å². The Balaban J connectivity index is 1.76. The molecule has 1 unspecified atom stereocenters. The molecule has 6 nitrogen and oxygen atoms in total. The summed E-state index contributed by atoms with van der Waals surface area (Å²) in [6, 6.07) is 8.20. The average Bonchev–Trinajstić information content (AvgIpc) is 2.93. The second-order valence-corrected chi connectivity index (χ2v) is 7.19. The topological polar surface area (TPSA) is 83.4 Å². The number of unbranched alkanes of at least 4 members (excludes halogenated alkanes) is 2. The fraction of sp³-hybridized carbons (Fsp3) is 0.579. The molecular formula is C19H27N3O3. The monoisotopic (exact) mass is 345 g/mol. The van der Waals surface area contributed by atoms with Crippen LogP contribution < -0.4 is 15.4 Å². The predicted molar refractivity (Wildman–Crippen MR) is 96.8 cm³/mol. The zero-order valence-electron chi connectivity index (χ0n) is 15.2. The molecule has 6 heteroatoms. The number of fused-ring (bicyclic) bond motifs is 1. The highest BCUT2D eigenvalue weighted by molar-refractivity contribution is 5.67. The van der Waals surface area contributed by atoms with E-state index in [0.717, 1.165) is 42.8 Å². The Kier molecular flexibility index (Phi) is 6.51. The lowest BCUT2D eigenvalue weighted by Gasteiger charge is -2.20. The molecule has 1 aliphatic rings. The second-order valence-electron chi connectivity index (χ2n) is 7.19. The number of amides is 1. The number of nitriles is 1. The van der Waals surface area contributed by atoms with E-state index in [-0.39, 0.29) is 6.10 Å². The minimum atomic E-state index is -0.503. The normalized spacial score (nSPS) is 15.7. The van der Waals surface area contributed by atoms with Crippen molar-refractivity contribution in [3.8, 4) is 11.8 Å². The van der Waals surface area contributed by atoms with E-state index < -0.39 is 11.7 Å². The summed E-state index contributed by atoms with van der Waals surface area (Å²) in [5.41, 5.74) is 1.69. The molecular weight excluding hydrogens is 318 g/mol. The molecule has 1 atom stereocenters. The third kappa shape index (κ3) is 6.54. The van der Waals surface area contributed by atoms with E-state index in [4.69, 9.17) is 14.7 Å². The van der Waals surface area contributed by atoms with Gasteiger partial charge in [-0.1, -0.05) is 0 Å². The minimum Gasteiger partial charge on any atom is -0.488 e. The van der Waals surface area contributed by atoms with Crippen LogP contribution in [0.1, 0.15) is 45.6 Å². The van der Waals surface area contributed by atoms with Crippen molar-refractivity contribution >= 4 is 11.8 Å². The van der Waals surface area contributed by atoms with Crippen molar-refractivity contribution in [2.45, 2.75) is 58.2 Å². The van der Waals surface area contributed by atoms with Gasteiger partial charge in [0.2, 0.25) is 0 Å². The number of carbonyl (C=O) groups excluding carboxylic acids is 1. The van der Waals surface area contributed by atoms with Crippen LogP contribution >= 0.6 is 0 Å². The zero-order valence-corrected chi connectivity index (χ0v) is 15.2. The first-order valence-corrected chi connectivity index (χ1v) is 8.74. The van der Waals surface area contributed by atoms with E-state index in [2.05, 4.69) is 22.8 Å². The number of anilines is 1. The van der Waals surface area contributed by atoms with Gasteiger partial charge < -0.3 is 20.1 Å². The molecule has 25 heavy (non-hydrogen) atoms. The van der Waals surface area contributed by atoms with Gasteiger partial charge in [0.05, 0.1) is 12.6 Å². The Bertz CT molecular complexity index is 632. The SMILES string of the molecule is CC(C)(C)OC(=O)NCC1Cc2cc(NCCCCC#N)ccc2O1. The van der Waals surface area contributed by atoms with Crippen molar-refractivity contribution < 1.29 is 14.3 Å². The molecule has 0 aliphatic carbocycles. The first kappa shape index (κ1) is 18.9. The van der Waals surface area contributed by atoms with Crippen molar-refractivity contribution in [1.29, 1.82) is 5.26 Å². The maximum Gasteiger partial charge on any atom is 0.407 e. The number of carbonyl (C=O) groups is 1. The van der Waals surface area contributed by atoms with Crippen LogP contribution in [0, 0.1) is 11.3 Å². The molecule has 0 saturated heterocycles. The van der Waals surface area contributed by atoms with Crippen LogP contribution in [-0.4, -0.2) is 30.9 Å². The van der Waals surface area contributed by atoms with Crippen LogP contribution in [0.15, 0.2) is 18.2 Å². The first-order chi connectivity index (χ1) is 11.9. The quantitative estimate of drug-likeness (QED) is 0.738. The van der Waals surface area contributed by atoms with E-state index in [1.807, 2.05) is 32.9 Å². The van der Waals surface area contributed by atoms with Crippen LogP contribution in [0.4, 0.5) is 10.5 Å². The third-order valence-electron chi connectivity index (χ3n) is 3.72. The maximum atomic E-state index is 11.7. The van der Waals surface area contributed by atoms with Crippen molar-refractivity contribution in [1.82, 2.24) is 5.32 Å². The summed E-state index contributed by atoms with van der Waals surface area (Å²) >= 11 is 0. The zero-order chi connectivity index (χ0) is 18.3. The highest BCUT2D eigenvalue weighted by Crippen LogP contribution is 2.31. The van der Waals surface area contributed by atoms with Gasteiger partial charge in [0, 0.05) is 25.1 Å². The van der Waals surface area contributed by atoms with E-state index >= 15 is 0 Å². The standard InChI is InChI=1S/C19H27N3O3/c1-19(2,3)25-18(23)22-13-16-12-14-11-15(7-8-17(14)24-16)21-10-6-4-5-9-20/h7-8,11,16,21H,4-6,10,12-13H2,1-3H3,(H,22,23). The van der Waals surface area contributed by atoms with Gasteiger partial charge in [-0.05, 0) is 57.4 Å². The highest BCUT2D eigenvalue weighted by Gasteiger charge is 2.24. The van der Waals surface area contributed by atoms with Crippen LogP contribution in [-0.2, 0) is 11.2 Å². The molecule has 1 amide bonds. The predicted octanol–water partition coefficient (Wildman–Crippen LogP) is 3.62. The van der Waals surface area contributed by atoms with Crippen LogP contribution in [0.2, 0.25) is 0 Å². The van der Waals surface area contributed by atoms with Crippen LogP contribution in [0.3, 0.4) is 0 Å². The molecule has 0 radical (unpaired) electrons. The number of nitrogens with zero attached hydrogens (tertiary/aromatic N) is 1.